The minimum absolute atomic E-state index is 0.134. The number of nitrogens with zero attached hydrogens (tertiary/aromatic N) is 3. The van der Waals surface area contributed by atoms with Gasteiger partial charge >= 0.3 is 0 Å². The van der Waals surface area contributed by atoms with Gasteiger partial charge in [0.25, 0.3) is 5.56 Å². The van der Waals surface area contributed by atoms with Crippen LogP contribution in [0.2, 0.25) is 0 Å². The van der Waals surface area contributed by atoms with Crippen molar-refractivity contribution in [2.45, 2.75) is 11.7 Å². The second-order valence-electron chi connectivity index (χ2n) is 3.90. The molecular weight excluding hydrogens is 238 g/mol. The Hall–Kier alpha value is -1.56. The van der Waals surface area contributed by atoms with Crippen LogP contribution in [-0.2, 0) is 6.54 Å². The van der Waals surface area contributed by atoms with Crippen molar-refractivity contribution in [3.63, 3.8) is 0 Å². The van der Waals surface area contributed by atoms with Crippen LogP contribution in [0.5, 0.6) is 0 Å². The van der Waals surface area contributed by atoms with Crippen LogP contribution in [0.4, 0.5) is 0 Å². The highest BCUT2D eigenvalue weighted by Crippen LogP contribution is 2.20. The summed E-state index contributed by atoms with van der Waals surface area (Å²) in [5.41, 5.74) is -0.109. The van der Waals surface area contributed by atoms with Crippen LogP contribution < -0.4 is 5.56 Å². The largest absolute Gasteiger partial charge is 0.383 e. The molecule has 0 aliphatic carbocycles. The predicted octanol–water partition coefficient (Wildman–Crippen LogP) is 0.607. The summed E-state index contributed by atoms with van der Waals surface area (Å²) in [4.78, 5) is 29.7. The Labute approximate surface area is 103 Å². The van der Waals surface area contributed by atoms with Crippen molar-refractivity contribution in [2.24, 2.45) is 0 Å². The topological polar surface area (TPSA) is 55.2 Å². The molecule has 0 amide bonds. The van der Waals surface area contributed by atoms with Crippen LogP contribution in [0.1, 0.15) is 10.4 Å². The second kappa shape index (κ2) is 4.75. The maximum absolute atomic E-state index is 12.0. The molecule has 90 valence electrons. The van der Waals surface area contributed by atoms with E-state index in [2.05, 4.69) is 4.98 Å². The van der Waals surface area contributed by atoms with E-state index in [0.29, 0.717) is 11.7 Å². The first-order chi connectivity index (χ1) is 8.09. The Morgan fingerprint density at radius 3 is 3.06 bits per heavy atom. The van der Waals surface area contributed by atoms with E-state index in [9.17, 15) is 9.59 Å². The number of hydrogen-bond donors (Lipinski definition) is 0. The van der Waals surface area contributed by atoms with Crippen molar-refractivity contribution in [1.82, 2.24) is 14.5 Å². The van der Waals surface area contributed by atoms with Crippen molar-refractivity contribution in [3.05, 3.63) is 34.4 Å². The number of aromatic nitrogens is 2. The Kier molecular flexibility index (Phi) is 3.33. The van der Waals surface area contributed by atoms with Crippen LogP contribution in [0, 0.1) is 0 Å². The second-order valence-corrected chi connectivity index (χ2v) is 4.97. The van der Waals surface area contributed by atoms with Crippen LogP contribution in [0.25, 0.3) is 0 Å². The zero-order chi connectivity index (χ0) is 12.4. The van der Waals surface area contributed by atoms with E-state index < -0.39 is 0 Å². The van der Waals surface area contributed by atoms with Crippen LogP contribution in [-0.4, -0.2) is 40.1 Å². The van der Waals surface area contributed by atoms with Crippen molar-refractivity contribution < 1.29 is 4.79 Å². The summed E-state index contributed by atoms with van der Waals surface area (Å²) in [7, 11) is 3.63. The van der Waals surface area contributed by atoms with E-state index in [1.807, 2.05) is 14.1 Å². The molecule has 0 spiro atoms. The van der Waals surface area contributed by atoms with Crippen molar-refractivity contribution >= 4 is 17.5 Å². The summed E-state index contributed by atoms with van der Waals surface area (Å²) in [6, 6.07) is 0. The van der Waals surface area contributed by atoms with Crippen LogP contribution in [0.15, 0.2) is 28.4 Å². The number of thioether (sulfide) groups is 1. The van der Waals surface area contributed by atoms with E-state index in [4.69, 9.17) is 0 Å². The standard InChI is InChI=1S/C11H13N3O2S/c1-13(2)4-3-9(15)8-7-12-11-14(10(8)16)5-6-17-11/h3-4,7H,5-6H2,1-2H3/b4-3+. The maximum Gasteiger partial charge on any atom is 0.265 e. The van der Waals surface area contributed by atoms with Gasteiger partial charge in [0.15, 0.2) is 10.9 Å². The Bertz CT molecular complexity index is 534. The summed E-state index contributed by atoms with van der Waals surface area (Å²) >= 11 is 1.54. The van der Waals surface area contributed by atoms with Gasteiger partial charge in [0, 0.05) is 44.9 Å². The molecule has 0 aromatic carbocycles. The lowest BCUT2D eigenvalue weighted by atomic mass is 10.2. The van der Waals surface area contributed by atoms with Gasteiger partial charge in [-0.2, -0.15) is 0 Å². The molecule has 0 N–H and O–H groups in total. The van der Waals surface area contributed by atoms with E-state index >= 15 is 0 Å². The highest BCUT2D eigenvalue weighted by atomic mass is 32.2. The Balaban J connectivity index is 2.35. The number of ketones is 1. The molecule has 0 atom stereocenters. The molecule has 0 unspecified atom stereocenters. The van der Waals surface area contributed by atoms with Gasteiger partial charge in [-0.05, 0) is 0 Å². The summed E-state index contributed by atoms with van der Waals surface area (Å²) in [6.45, 7) is 0.629. The van der Waals surface area contributed by atoms with Crippen molar-refractivity contribution in [2.75, 3.05) is 19.8 Å². The van der Waals surface area contributed by atoms with Gasteiger partial charge in [0.05, 0.1) is 0 Å². The first-order valence-corrected chi connectivity index (χ1v) is 6.20. The molecule has 0 saturated heterocycles. The molecule has 0 bridgehead atoms. The highest BCUT2D eigenvalue weighted by Gasteiger charge is 2.18. The third-order valence-corrected chi connectivity index (χ3v) is 3.32. The summed E-state index contributed by atoms with van der Waals surface area (Å²) < 4.78 is 1.56. The summed E-state index contributed by atoms with van der Waals surface area (Å²) in [6.07, 6.45) is 4.37. The van der Waals surface area contributed by atoms with Gasteiger partial charge in [-0.3, -0.25) is 14.2 Å². The number of rotatable bonds is 3. The van der Waals surface area contributed by atoms with Gasteiger partial charge < -0.3 is 4.90 Å². The number of allylic oxidation sites excluding steroid dienone is 1. The van der Waals surface area contributed by atoms with Gasteiger partial charge in [0.1, 0.15) is 5.56 Å². The van der Waals surface area contributed by atoms with Crippen molar-refractivity contribution in [3.8, 4) is 0 Å². The predicted molar refractivity (Wildman–Crippen MR) is 66.4 cm³/mol. The number of hydrogen-bond acceptors (Lipinski definition) is 5. The third kappa shape index (κ3) is 2.41. The fourth-order valence-corrected chi connectivity index (χ4v) is 2.41. The lowest BCUT2D eigenvalue weighted by Crippen LogP contribution is -2.26. The van der Waals surface area contributed by atoms with E-state index in [1.165, 1.54) is 24.0 Å². The lowest BCUT2D eigenvalue weighted by Gasteiger charge is -2.04. The molecule has 1 aliphatic heterocycles. The fourth-order valence-electron chi connectivity index (χ4n) is 1.49. The smallest absolute Gasteiger partial charge is 0.265 e. The van der Waals surface area contributed by atoms with Crippen LogP contribution >= 0.6 is 11.8 Å². The van der Waals surface area contributed by atoms with Gasteiger partial charge in [0.2, 0.25) is 0 Å². The quantitative estimate of drug-likeness (QED) is 0.447. The molecule has 6 heteroatoms. The molecule has 2 heterocycles. The molecule has 0 saturated carbocycles. The fraction of sp³-hybridized carbons (Fsp3) is 0.364. The monoisotopic (exact) mass is 251 g/mol. The maximum atomic E-state index is 12.0. The zero-order valence-electron chi connectivity index (χ0n) is 9.71. The average molecular weight is 251 g/mol. The van der Waals surface area contributed by atoms with Crippen molar-refractivity contribution in [1.29, 1.82) is 0 Å². The van der Waals surface area contributed by atoms with Gasteiger partial charge in [-0.25, -0.2) is 4.98 Å². The summed E-state index contributed by atoms with van der Waals surface area (Å²) in [5.74, 6) is 0.538. The number of fused-ring (bicyclic) bond motifs is 1. The van der Waals surface area contributed by atoms with E-state index in [-0.39, 0.29) is 16.9 Å². The average Bonchev–Trinajstić information content (AvgIpc) is 2.75. The molecule has 1 aromatic heterocycles. The third-order valence-electron chi connectivity index (χ3n) is 2.35. The molecular formula is C11H13N3O2S. The SMILES string of the molecule is CN(C)/C=C/C(=O)c1cnc2n(c1=O)CCS2. The molecule has 17 heavy (non-hydrogen) atoms. The molecule has 1 aromatic rings. The number of carbonyl (C=O) groups is 1. The van der Waals surface area contributed by atoms with Crippen LogP contribution in [0.3, 0.4) is 0 Å². The molecule has 1 aliphatic rings. The highest BCUT2D eigenvalue weighted by molar-refractivity contribution is 7.99. The lowest BCUT2D eigenvalue weighted by molar-refractivity contribution is 0.104. The van der Waals surface area contributed by atoms with E-state index in [1.54, 1.807) is 15.7 Å². The normalized spacial score (nSPS) is 14.0. The zero-order valence-corrected chi connectivity index (χ0v) is 10.5. The minimum Gasteiger partial charge on any atom is -0.383 e. The summed E-state index contributed by atoms with van der Waals surface area (Å²) in [5, 5.41) is 0.697. The molecule has 0 fully saturated rings. The molecule has 5 nitrogen and oxygen atoms in total. The molecule has 0 radical (unpaired) electrons. The number of carbonyl (C=O) groups excluding carboxylic acids is 1. The Morgan fingerprint density at radius 1 is 1.59 bits per heavy atom. The first-order valence-electron chi connectivity index (χ1n) is 5.21. The van der Waals surface area contributed by atoms with E-state index in [0.717, 1.165) is 5.75 Å². The first kappa shape index (κ1) is 11.9. The van der Waals surface area contributed by atoms with Gasteiger partial charge in [-0.15, -0.1) is 0 Å². The van der Waals surface area contributed by atoms with Gasteiger partial charge in [-0.1, -0.05) is 11.8 Å². The minimum atomic E-state index is -0.302. The Morgan fingerprint density at radius 2 is 2.35 bits per heavy atom. The molecule has 2 rings (SSSR count).